The van der Waals surface area contributed by atoms with Crippen LogP contribution in [0.25, 0.3) is 22.1 Å². The number of nitrogens with zero attached hydrogens (tertiary/aromatic N) is 3. The van der Waals surface area contributed by atoms with Crippen molar-refractivity contribution in [3.63, 3.8) is 0 Å². The number of fused-ring (bicyclic) bond motifs is 2. The fourth-order valence-corrected chi connectivity index (χ4v) is 4.31. The SMILES string of the molecule is CNCc1cc(NC(C(=O)c2c[nH]c3ccccc23)c2nc3cccnc3n2C)cc(OC)c1. The molecule has 2 aromatic carbocycles. The number of aryl methyl sites for hydroxylation is 1. The van der Waals surface area contributed by atoms with Gasteiger partial charge in [0, 0.05) is 54.2 Å². The van der Waals surface area contributed by atoms with Crippen molar-refractivity contribution in [3.8, 4) is 5.75 Å². The standard InChI is InChI=1S/C26H26N6O2/c1-27-14-16-11-17(13-18(12-16)34-3)30-23(26-31-22-9-6-10-28-25(22)32(26)2)24(33)20-15-29-21-8-5-4-7-19(20)21/h4-13,15,23,27,29-30H,14H2,1-3H3. The minimum atomic E-state index is -0.743. The molecule has 34 heavy (non-hydrogen) atoms. The Balaban J connectivity index is 1.63. The fourth-order valence-electron chi connectivity index (χ4n) is 4.31. The zero-order valence-corrected chi connectivity index (χ0v) is 19.3. The lowest BCUT2D eigenvalue weighted by atomic mass is 10.0. The zero-order valence-electron chi connectivity index (χ0n) is 19.3. The van der Waals surface area contributed by atoms with E-state index >= 15 is 0 Å². The lowest BCUT2D eigenvalue weighted by Crippen LogP contribution is -2.24. The summed E-state index contributed by atoms with van der Waals surface area (Å²) >= 11 is 0. The van der Waals surface area contributed by atoms with Crippen molar-refractivity contribution in [2.24, 2.45) is 7.05 Å². The van der Waals surface area contributed by atoms with E-state index in [1.807, 2.05) is 73.3 Å². The van der Waals surface area contributed by atoms with Gasteiger partial charge in [-0.25, -0.2) is 9.97 Å². The number of hydrogen-bond acceptors (Lipinski definition) is 6. The molecule has 1 unspecified atom stereocenters. The maximum absolute atomic E-state index is 14.0. The minimum Gasteiger partial charge on any atom is -0.497 e. The molecule has 172 valence electrons. The summed E-state index contributed by atoms with van der Waals surface area (Å²) in [6.45, 7) is 0.670. The second kappa shape index (κ2) is 8.99. The summed E-state index contributed by atoms with van der Waals surface area (Å²) in [4.78, 5) is 26.5. The maximum atomic E-state index is 14.0. The van der Waals surface area contributed by atoms with Crippen LogP contribution >= 0.6 is 0 Å². The molecular formula is C26H26N6O2. The number of Topliss-reactive ketones (excluding diaryl/α,β-unsaturated/α-hetero) is 1. The molecule has 3 aromatic heterocycles. The number of imidazole rings is 1. The number of methoxy groups -OCH3 is 1. The van der Waals surface area contributed by atoms with E-state index in [1.54, 1.807) is 19.5 Å². The lowest BCUT2D eigenvalue weighted by Gasteiger charge is -2.20. The van der Waals surface area contributed by atoms with Gasteiger partial charge in [-0.2, -0.15) is 0 Å². The van der Waals surface area contributed by atoms with E-state index in [9.17, 15) is 4.79 Å². The summed E-state index contributed by atoms with van der Waals surface area (Å²) in [6, 6.07) is 16.6. The number of carbonyl (C=O) groups is 1. The fraction of sp³-hybridized carbons (Fsp3) is 0.192. The van der Waals surface area contributed by atoms with Gasteiger partial charge in [-0.3, -0.25) is 4.79 Å². The van der Waals surface area contributed by atoms with Crippen molar-refractivity contribution in [1.29, 1.82) is 0 Å². The highest BCUT2D eigenvalue weighted by Gasteiger charge is 2.29. The highest BCUT2D eigenvalue weighted by molar-refractivity contribution is 6.11. The van der Waals surface area contributed by atoms with Gasteiger partial charge >= 0.3 is 0 Å². The minimum absolute atomic E-state index is 0.0890. The van der Waals surface area contributed by atoms with E-state index in [1.165, 1.54) is 0 Å². The van der Waals surface area contributed by atoms with Gasteiger partial charge in [-0.15, -0.1) is 0 Å². The Morgan fingerprint density at radius 1 is 1.18 bits per heavy atom. The van der Waals surface area contributed by atoms with Gasteiger partial charge < -0.3 is 24.9 Å². The molecule has 8 nitrogen and oxygen atoms in total. The molecule has 0 aliphatic rings. The molecule has 0 amide bonds. The number of pyridine rings is 1. The van der Waals surface area contributed by atoms with Crippen molar-refractivity contribution in [2.75, 3.05) is 19.5 Å². The Morgan fingerprint density at radius 2 is 2.03 bits per heavy atom. The zero-order chi connectivity index (χ0) is 23.7. The molecule has 0 saturated carbocycles. The van der Waals surface area contributed by atoms with Crippen LogP contribution in [0.1, 0.15) is 27.8 Å². The van der Waals surface area contributed by atoms with Gasteiger partial charge in [-0.1, -0.05) is 18.2 Å². The van der Waals surface area contributed by atoms with Gasteiger partial charge in [-0.05, 0) is 42.9 Å². The van der Waals surface area contributed by atoms with Gasteiger partial charge in [0.2, 0.25) is 0 Å². The van der Waals surface area contributed by atoms with Crippen molar-refractivity contribution in [2.45, 2.75) is 12.6 Å². The van der Waals surface area contributed by atoms with Gasteiger partial charge in [0.25, 0.3) is 0 Å². The first-order chi connectivity index (χ1) is 16.6. The van der Waals surface area contributed by atoms with E-state index in [2.05, 4.69) is 20.6 Å². The molecule has 0 bridgehead atoms. The van der Waals surface area contributed by atoms with Crippen LogP contribution in [0.3, 0.4) is 0 Å². The molecule has 0 saturated heterocycles. The Bertz CT molecular complexity index is 1490. The summed E-state index contributed by atoms with van der Waals surface area (Å²) in [5, 5.41) is 7.47. The van der Waals surface area contributed by atoms with Gasteiger partial charge in [0.05, 0.1) is 7.11 Å². The van der Waals surface area contributed by atoms with E-state index in [0.29, 0.717) is 23.7 Å². The molecule has 0 fully saturated rings. The van der Waals surface area contributed by atoms with Gasteiger partial charge in [0.1, 0.15) is 23.1 Å². The van der Waals surface area contributed by atoms with Crippen LogP contribution in [0.15, 0.2) is 67.0 Å². The molecule has 0 spiro atoms. The molecule has 1 atom stereocenters. The number of ketones is 1. The van der Waals surface area contributed by atoms with E-state index in [4.69, 9.17) is 9.72 Å². The summed E-state index contributed by atoms with van der Waals surface area (Å²) in [5.74, 6) is 1.20. The molecule has 0 radical (unpaired) electrons. The van der Waals surface area contributed by atoms with E-state index in [0.717, 1.165) is 33.3 Å². The second-order valence-electron chi connectivity index (χ2n) is 8.16. The van der Waals surface area contributed by atoms with Crippen LogP contribution in [0, 0.1) is 0 Å². The topological polar surface area (TPSA) is 96.9 Å². The van der Waals surface area contributed by atoms with Crippen LogP contribution < -0.4 is 15.4 Å². The molecule has 3 heterocycles. The molecular weight excluding hydrogens is 428 g/mol. The molecule has 3 N–H and O–H groups in total. The Morgan fingerprint density at radius 3 is 2.82 bits per heavy atom. The number of rotatable bonds is 8. The Hall–Kier alpha value is -4.17. The molecule has 0 aliphatic heterocycles. The van der Waals surface area contributed by atoms with Crippen molar-refractivity contribution in [3.05, 3.63) is 83.9 Å². The predicted octanol–water partition coefficient (Wildman–Crippen LogP) is 4.21. The summed E-state index contributed by atoms with van der Waals surface area (Å²) in [5.41, 5.74) is 4.77. The largest absolute Gasteiger partial charge is 0.497 e. The third-order valence-corrected chi connectivity index (χ3v) is 5.93. The number of aromatic nitrogens is 4. The second-order valence-corrected chi connectivity index (χ2v) is 8.16. The van der Waals surface area contributed by atoms with Crippen LogP contribution in [-0.2, 0) is 13.6 Å². The Kier molecular flexibility index (Phi) is 5.73. The molecule has 0 aliphatic carbocycles. The first-order valence-electron chi connectivity index (χ1n) is 11.1. The quantitative estimate of drug-likeness (QED) is 0.304. The number of carbonyl (C=O) groups excluding carboxylic acids is 1. The Labute approximate surface area is 197 Å². The number of nitrogens with one attached hydrogen (secondary N) is 3. The highest BCUT2D eigenvalue weighted by atomic mass is 16.5. The molecule has 5 rings (SSSR count). The monoisotopic (exact) mass is 454 g/mol. The van der Waals surface area contributed by atoms with Crippen LogP contribution in [0.5, 0.6) is 5.75 Å². The summed E-state index contributed by atoms with van der Waals surface area (Å²) < 4.78 is 7.37. The number of benzene rings is 2. The van der Waals surface area contributed by atoms with Crippen LogP contribution in [0.2, 0.25) is 0 Å². The third-order valence-electron chi connectivity index (χ3n) is 5.93. The van der Waals surface area contributed by atoms with Crippen molar-refractivity contribution < 1.29 is 9.53 Å². The summed E-state index contributed by atoms with van der Waals surface area (Å²) in [6.07, 6.45) is 3.49. The normalized spacial score (nSPS) is 12.2. The average molecular weight is 455 g/mol. The predicted molar refractivity (Wildman–Crippen MR) is 133 cm³/mol. The number of aromatic amines is 1. The highest BCUT2D eigenvalue weighted by Crippen LogP contribution is 2.30. The smallest absolute Gasteiger partial charge is 0.194 e. The summed E-state index contributed by atoms with van der Waals surface area (Å²) in [7, 11) is 5.41. The van der Waals surface area contributed by atoms with Crippen molar-refractivity contribution in [1.82, 2.24) is 24.8 Å². The number of anilines is 1. The lowest BCUT2D eigenvalue weighted by molar-refractivity contribution is 0.0967. The maximum Gasteiger partial charge on any atom is 0.194 e. The van der Waals surface area contributed by atoms with Crippen molar-refractivity contribution >= 4 is 33.5 Å². The molecule has 5 aromatic rings. The number of H-pyrrole nitrogens is 1. The van der Waals surface area contributed by atoms with Crippen LogP contribution in [0.4, 0.5) is 5.69 Å². The number of para-hydroxylation sites is 1. The number of hydrogen-bond donors (Lipinski definition) is 3. The van der Waals surface area contributed by atoms with E-state index in [-0.39, 0.29) is 5.78 Å². The van der Waals surface area contributed by atoms with Gasteiger partial charge in [0.15, 0.2) is 11.4 Å². The van der Waals surface area contributed by atoms with E-state index < -0.39 is 6.04 Å². The number of ether oxygens (including phenoxy) is 1. The van der Waals surface area contributed by atoms with Crippen LogP contribution in [-0.4, -0.2) is 39.5 Å². The average Bonchev–Trinajstić information content (AvgIpc) is 3.44. The first kappa shape index (κ1) is 21.7. The first-order valence-corrected chi connectivity index (χ1v) is 11.1. The third kappa shape index (κ3) is 3.88. The molecule has 8 heteroatoms.